The minimum Gasteiger partial charge on any atom is -0.355 e. The van der Waals surface area contributed by atoms with Crippen molar-refractivity contribution in [3.05, 3.63) is 35.9 Å². The van der Waals surface area contributed by atoms with Crippen molar-refractivity contribution in [3.8, 4) is 0 Å². The van der Waals surface area contributed by atoms with E-state index in [-0.39, 0.29) is 18.1 Å². The van der Waals surface area contributed by atoms with Crippen LogP contribution >= 0.6 is 0 Å². The quantitative estimate of drug-likeness (QED) is 0.432. The van der Waals surface area contributed by atoms with Crippen LogP contribution in [0.3, 0.4) is 0 Å². The fraction of sp³-hybridized carbons (Fsp3) is 0.600. The van der Waals surface area contributed by atoms with Gasteiger partial charge in [-0.1, -0.05) is 75.8 Å². The molecule has 0 saturated heterocycles. The van der Waals surface area contributed by atoms with E-state index in [1.54, 1.807) is 0 Å². The first-order chi connectivity index (χ1) is 11.2. The number of amides is 1. The molecule has 0 atom stereocenters. The van der Waals surface area contributed by atoms with Gasteiger partial charge >= 0.3 is 0 Å². The van der Waals surface area contributed by atoms with E-state index in [0.717, 1.165) is 19.3 Å². The second kappa shape index (κ2) is 12.9. The third-order valence-corrected chi connectivity index (χ3v) is 4.00. The maximum absolute atomic E-state index is 11.8. The number of rotatable bonds is 13. The molecule has 0 bridgehead atoms. The van der Waals surface area contributed by atoms with Gasteiger partial charge in [0.1, 0.15) is 5.78 Å². The lowest BCUT2D eigenvalue weighted by atomic mass is 10.1. The maximum atomic E-state index is 11.8. The Bertz CT molecular complexity index is 442. The van der Waals surface area contributed by atoms with E-state index in [1.165, 1.54) is 37.7 Å². The van der Waals surface area contributed by atoms with Gasteiger partial charge in [-0.2, -0.15) is 0 Å². The van der Waals surface area contributed by atoms with Crippen molar-refractivity contribution in [1.82, 2.24) is 5.32 Å². The van der Waals surface area contributed by atoms with E-state index >= 15 is 0 Å². The molecule has 1 amide bonds. The first kappa shape index (κ1) is 19.4. The lowest BCUT2D eigenvalue weighted by Crippen LogP contribution is -2.27. The molecule has 0 radical (unpaired) electrons. The van der Waals surface area contributed by atoms with Gasteiger partial charge in [0.05, 0.1) is 6.42 Å². The van der Waals surface area contributed by atoms with Gasteiger partial charge in [-0.3, -0.25) is 9.59 Å². The van der Waals surface area contributed by atoms with Gasteiger partial charge in [0.15, 0.2) is 0 Å². The maximum Gasteiger partial charge on any atom is 0.227 e. The molecule has 0 aromatic heterocycles. The first-order valence-corrected chi connectivity index (χ1v) is 9.04. The summed E-state index contributed by atoms with van der Waals surface area (Å²) in [6.45, 7) is 2.80. The summed E-state index contributed by atoms with van der Waals surface area (Å²) < 4.78 is 0. The SMILES string of the molecule is CCCCCCCCCC(=O)CC(=O)NCCc1ccccc1. The summed E-state index contributed by atoms with van der Waals surface area (Å²) in [6, 6.07) is 10.0. The molecule has 0 saturated carbocycles. The monoisotopic (exact) mass is 317 g/mol. The molecule has 1 aromatic carbocycles. The van der Waals surface area contributed by atoms with Crippen LogP contribution in [-0.2, 0) is 16.0 Å². The van der Waals surface area contributed by atoms with Crippen molar-refractivity contribution in [2.75, 3.05) is 6.54 Å². The lowest BCUT2D eigenvalue weighted by Gasteiger charge is -2.05. The van der Waals surface area contributed by atoms with Gasteiger partial charge in [-0.15, -0.1) is 0 Å². The Morgan fingerprint density at radius 3 is 2.26 bits per heavy atom. The molecular weight excluding hydrogens is 286 g/mol. The molecule has 1 N–H and O–H groups in total. The van der Waals surface area contributed by atoms with Crippen LogP contribution in [0.25, 0.3) is 0 Å². The fourth-order valence-corrected chi connectivity index (χ4v) is 2.60. The second-order valence-corrected chi connectivity index (χ2v) is 6.17. The highest BCUT2D eigenvalue weighted by Gasteiger charge is 2.08. The highest BCUT2D eigenvalue weighted by molar-refractivity contribution is 5.97. The van der Waals surface area contributed by atoms with Gasteiger partial charge in [0.2, 0.25) is 5.91 Å². The fourth-order valence-electron chi connectivity index (χ4n) is 2.60. The Labute approximate surface area is 140 Å². The molecular formula is C20H31NO2. The zero-order chi connectivity index (χ0) is 16.8. The molecule has 0 aliphatic rings. The van der Waals surface area contributed by atoms with Crippen LogP contribution in [0, 0.1) is 0 Å². The molecule has 0 unspecified atom stereocenters. The number of hydrogen-bond acceptors (Lipinski definition) is 2. The number of Topliss-reactive ketones (excluding diaryl/α,β-unsaturated/α-hetero) is 1. The number of benzene rings is 1. The zero-order valence-electron chi connectivity index (χ0n) is 14.5. The zero-order valence-corrected chi connectivity index (χ0v) is 14.5. The predicted octanol–water partition coefficient (Wildman–Crippen LogP) is 4.45. The van der Waals surface area contributed by atoms with Gasteiger partial charge < -0.3 is 5.32 Å². The molecule has 0 aliphatic carbocycles. The summed E-state index contributed by atoms with van der Waals surface area (Å²) in [5.41, 5.74) is 1.20. The summed E-state index contributed by atoms with van der Waals surface area (Å²) >= 11 is 0. The summed E-state index contributed by atoms with van der Waals surface area (Å²) in [5, 5.41) is 2.83. The minimum atomic E-state index is -0.145. The van der Waals surface area contributed by atoms with Crippen molar-refractivity contribution in [2.45, 2.75) is 71.1 Å². The van der Waals surface area contributed by atoms with Crippen LogP contribution in [0.2, 0.25) is 0 Å². The Hall–Kier alpha value is -1.64. The van der Waals surface area contributed by atoms with Gasteiger partial charge in [0.25, 0.3) is 0 Å². The molecule has 1 aromatic rings. The van der Waals surface area contributed by atoms with Crippen LogP contribution in [0.1, 0.15) is 70.3 Å². The van der Waals surface area contributed by atoms with Crippen LogP contribution in [0.5, 0.6) is 0 Å². The lowest BCUT2D eigenvalue weighted by molar-refractivity contribution is -0.128. The predicted molar refractivity (Wildman–Crippen MR) is 95.4 cm³/mol. The summed E-state index contributed by atoms with van der Waals surface area (Å²) in [4.78, 5) is 23.5. The summed E-state index contributed by atoms with van der Waals surface area (Å²) in [5.74, 6) is -0.0790. The Morgan fingerprint density at radius 1 is 0.913 bits per heavy atom. The second-order valence-electron chi connectivity index (χ2n) is 6.17. The van der Waals surface area contributed by atoms with E-state index in [1.807, 2.05) is 30.3 Å². The number of carbonyl (C=O) groups excluding carboxylic acids is 2. The van der Waals surface area contributed by atoms with Crippen molar-refractivity contribution in [2.24, 2.45) is 0 Å². The van der Waals surface area contributed by atoms with Gasteiger partial charge in [-0.25, -0.2) is 0 Å². The number of carbonyl (C=O) groups is 2. The third-order valence-electron chi connectivity index (χ3n) is 4.00. The van der Waals surface area contributed by atoms with E-state index in [0.29, 0.717) is 13.0 Å². The molecule has 0 spiro atoms. The average molecular weight is 317 g/mol. The minimum absolute atomic E-state index is 0.0324. The number of hydrogen-bond donors (Lipinski definition) is 1. The van der Waals surface area contributed by atoms with Crippen molar-refractivity contribution >= 4 is 11.7 Å². The smallest absolute Gasteiger partial charge is 0.227 e. The highest BCUT2D eigenvalue weighted by atomic mass is 16.2. The topological polar surface area (TPSA) is 46.2 Å². The summed E-state index contributed by atoms with van der Waals surface area (Å²) in [6.07, 6.45) is 9.74. The van der Waals surface area contributed by atoms with Crippen molar-refractivity contribution in [1.29, 1.82) is 0 Å². The van der Waals surface area contributed by atoms with Crippen LogP contribution in [-0.4, -0.2) is 18.2 Å². The molecule has 0 heterocycles. The van der Waals surface area contributed by atoms with E-state index in [4.69, 9.17) is 0 Å². The number of nitrogens with one attached hydrogen (secondary N) is 1. The molecule has 3 nitrogen and oxygen atoms in total. The largest absolute Gasteiger partial charge is 0.355 e. The average Bonchev–Trinajstić information content (AvgIpc) is 2.55. The Balaban J connectivity index is 1.99. The van der Waals surface area contributed by atoms with Gasteiger partial charge in [-0.05, 0) is 18.4 Å². The summed E-state index contributed by atoms with van der Waals surface area (Å²) in [7, 11) is 0. The first-order valence-electron chi connectivity index (χ1n) is 9.04. The molecule has 128 valence electrons. The number of unbranched alkanes of at least 4 members (excludes halogenated alkanes) is 6. The van der Waals surface area contributed by atoms with E-state index in [9.17, 15) is 9.59 Å². The Kier molecular flexibility index (Phi) is 10.9. The van der Waals surface area contributed by atoms with Crippen LogP contribution in [0.4, 0.5) is 0 Å². The Morgan fingerprint density at radius 2 is 1.57 bits per heavy atom. The van der Waals surface area contributed by atoms with Crippen LogP contribution in [0.15, 0.2) is 30.3 Å². The number of ketones is 1. The molecule has 1 rings (SSSR count). The van der Waals surface area contributed by atoms with Crippen molar-refractivity contribution in [3.63, 3.8) is 0 Å². The normalized spacial score (nSPS) is 10.5. The standard InChI is InChI=1S/C20H31NO2/c1-2-3-4-5-6-7-11-14-19(22)17-20(23)21-16-15-18-12-9-8-10-13-18/h8-10,12-13H,2-7,11,14-17H2,1H3,(H,21,23). The molecule has 23 heavy (non-hydrogen) atoms. The van der Waals surface area contributed by atoms with Gasteiger partial charge in [0, 0.05) is 13.0 Å². The van der Waals surface area contributed by atoms with Crippen molar-refractivity contribution < 1.29 is 9.59 Å². The third kappa shape index (κ3) is 10.7. The van der Waals surface area contributed by atoms with E-state index in [2.05, 4.69) is 12.2 Å². The highest BCUT2D eigenvalue weighted by Crippen LogP contribution is 2.09. The molecule has 3 heteroatoms. The van der Waals surface area contributed by atoms with E-state index < -0.39 is 0 Å². The molecule has 0 aliphatic heterocycles. The van der Waals surface area contributed by atoms with Crippen LogP contribution < -0.4 is 5.32 Å². The molecule has 0 fully saturated rings.